The van der Waals surface area contributed by atoms with Gasteiger partial charge in [-0.15, -0.1) is 9.24 Å². The van der Waals surface area contributed by atoms with Crippen LogP contribution in [-0.2, 0) is 4.65 Å². The van der Waals surface area contributed by atoms with Gasteiger partial charge in [-0.05, 0) is 26.0 Å². The van der Waals surface area contributed by atoms with E-state index in [1.54, 1.807) is 0 Å². The molecule has 2 aromatic carbocycles. The van der Waals surface area contributed by atoms with Gasteiger partial charge >= 0.3 is 7.48 Å². The quantitative estimate of drug-likeness (QED) is 0.265. The standard InChI is InChI=1S/C24H25BN2OP/c1-23(2,24(3,4)29)28-25-19-12-9-16(10-13-19)20-14-11-18-8-7-17-6-5-15-26-21(17)22(18)27-20/h5-15H,29H2,1-4H3. The number of nitrogens with zero attached hydrogens (tertiary/aromatic N) is 2. The highest BCUT2D eigenvalue weighted by molar-refractivity contribution is 7.19. The van der Waals surface area contributed by atoms with Gasteiger partial charge in [0.05, 0.1) is 22.3 Å². The maximum Gasteiger partial charge on any atom is 0.330 e. The fraction of sp³-hybridized carbons (Fsp3) is 0.250. The average Bonchev–Trinajstić information content (AvgIpc) is 2.71. The van der Waals surface area contributed by atoms with Crippen molar-refractivity contribution in [2.75, 3.05) is 0 Å². The lowest BCUT2D eigenvalue weighted by atomic mass is 9.83. The number of pyridine rings is 2. The number of fused-ring (bicyclic) bond motifs is 3. The smallest absolute Gasteiger partial charge is 0.330 e. The molecule has 0 bridgehead atoms. The molecule has 5 heteroatoms. The average molecular weight is 399 g/mol. The molecule has 2 aromatic heterocycles. The molecule has 2 heterocycles. The van der Waals surface area contributed by atoms with Gasteiger partial charge in [0.1, 0.15) is 0 Å². The van der Waals surface area contributed by atoms with E-state index in [4.69, 9.17) is 9.64 Å². The molecule has 0 amide bonds. The summed E-state index contributed by atoms with van der Waals surface area (Å²) in [5.74, 6) is 0. The molecule has 0 fully saturated rings. The van der Waals surface area contributed by atoms with Crippen molar-refractivity contribution in [1.29, 1.82) is 0 Å². The molecule has 0 spiro atoms. The summed E-state index contributed by atoms with van der Waals surface area (Å²) in [6, 6.07) is 20.7. The highest BCUT2D eigenvalue weighted by atomic mass is 31.0. The molecule has 1 radical (unpaired) electrons. The summed E-state index contributed by atoms with van der Waals surface area (Å²) in [7, 11) is 4.69. The van der Waals surface area contributed by atoms with Crippen LogP contribution in [0.4, 0.5) is 0 Å². The Hall–Kier alpha value is -2.29. The van der Waals surface area contributed by atoms with Crippen molar-refractivity contribution in [2.24, 2.45) is 0 Å². The van der Waals surface area contributed by atoms with E-state index < -0.39 is 0 Å². The number of benzene rings is 2. The maximum absolute atomic E-state index is 6.06. The zero-order valence-corrected chi connectivity index (χ0v) is 18.5. The summed E-state index contributed by atoms with van der Waals surface area (Å²) in [6.45, 7) is 8.50. The van der Waals surface area contributed by atoms with Gasteiger partial charge < -0.3 is 4.65 Å². The van der Waals surface area contributed by atoms with Gasteiger partial charge in [0, 0.05) is 27.7 Å². The van der Waals surface area contributed by atoms with Crippen LogP contribution in [0.2, 0.25) is 0 Å². The van der Waals surface area contributed by atoms with Crippen molar-refractivity contribution >= 4 is 44.0 Å². The third kappa shape index (κ3) is 4.06. The molecule has 29 heavy (non-hydrogen) atoms. The van der Waals surface area contributed by atoms with Crippen LogP contribution >= 0.6 is 9.24 Å². The molecule has 3 nitrogen and oxygen atoms in total. The van der Waals surface area contributed by atoms with Crippen LogP contribution in [0.3, 0.4) is 0 Å². The van der Waals surface area contributed by atoms with Crippen LogP contribution in [0.5, 0.6) is 0 Å². The molecule has 0 aliphatic heterocycles. The van der Waals surface area contributed by atoms with Gasteiger partial charge in [-0.3, -0.25) is 4.98 Å². The largest absolute Gasteiger partial charge is 0.429 e. The molecule has 4 aromatic rings. The first-order valence-electron chi connectivity index (χ1n) is 9.79. The van der Waals surface area contributed by atoms with Crippen LogP contribution < -0.4 is 5.46 Å². The lowest BCUT2D eigenvalue weighted by molar-refractivity contribution is 0.0841. The minimum atomic E-state index is -0.287. The van der Waals surface area contributed by atoms with E-state index in [2.05, 4.69) is 96.5 Å². The van der Waals surface area contributed by atoms with E-state index in [9.17, 15) is 0 Å². The summed E-state index contributed by atoms with van der Waals surface area (Å²) in [5, 5.41) is 2.17. The van der Waals surface area contributed by atoms with Crippen molar-refractivity contribution in [3.05, 3.63) is 66.9 Å². The monoisotopic (exact) mass is 399 g/mol. The van der Waals surface area contributed by atoms with Crippen LogP contribution in [-0.4, -0.2) is 28.2 Å². The fourth-order valence-electron chi connectivity index (χ4n) is 2.98. The molecule has 145 valence electrons. The van der Waals surface area contributed by atoms with Crippen LogP contribution in [0, 0.1) is 0 Å². The van der Waals surface area contributed by atoms with Crippen molar-refractivity contribution < 1.29 is 4.65 Å². The second kappa shape index (κ2) is 7.52. The number of hydrogen-bond acceptors (Lipinski definition) is 3. The van der Waals surface area contributed by atoms with Gasteiger partial charge in [0.15, 0.2) is 0 Å². The van der Waals surface area contributed by atoms with Crippen molar-refractivity contribution in [3.63, 3.8) is 0 Å². The molecule has 1 unspecified atom stereocenters. The summed E-state index contributed by atoms with van der Waals surface area (Å²) in [4.78, 5) is 9.45. The molecule has 0 saturated heterocycles. The molecule has 4 rings (SSSR count). The Balaban J connectivity index is 1.61. The van der Waals surface area contributed by atoms with Crippen molar-refractivity contribution in [3.8, 4) is 11.3 Å². The number of aromatic nitrogens is 2. The first-order chi connectivity index (χ1) is 13.7. The van der Waals surface area contributed by atoms with Gasteiger partial charge in [-0.2, -0.15) is 0 Å². The van der Waals surface area contributed by atoms with E-state index in [0.717, 1.165) is 38.5 Å². The summed E-state index contributed by atoms with van der Waals surface area (Å²) in [6.07, 6.45) is 1.82. The van der Waals surface area contributed by atoms with Gasteiger partial charge in [-0.1, -0.05) is 67.8 Å². The topological polar surface area (TPSA) is 35.0 Å². The number of rotatable bonds is 5. The van der Waals surface area contributed by atoms with Crippen molar-refractivity contribution in [1.82, 2.24) is 9.97 Å². The van der Waals surface area contributed by atoms with Crippen LogP contribution in [0.25, 0.3) is 33.1 Å². The Morgan fingerprint density at radius 2 is 1.48 bits per heavy atom. The minimum absolute atomic E-state index is 0.0325. The zero-order chi connectivity index (χ0) is 20.6. The molecule has 1 atom stereocenters. The fourth-order valence-corrected chi connectivity index (χ4v) is 3.05. The van der Waals surface area contributed by atoms with E-state index >= 15 is 0 Å². The SMILES string of the molecule is CC(C)(P)C(C)(C)O[B]c1ccc(-c2ccc3ccc4cccnc4c3n2)cc1. The van der Waals surface area contributed by atoms with Gasteiger partial charge in [-0.25, -0.2) is 4.98 Å². The first-order valence-corrected chi connectivity index (χ1v) is 10.4. The second-order valence-electron chi connectivity index (χ2n) is 8.50. The van der Waals surface area contributed by atoms with Gasteiger partial charge in [0.2, 0.25) is 0 Å². The Bertz CT molecular complexity index is 1170. The maximum atomic E-state index is 6.06. The second-order valence-corrected chi connectivity index (χ2v) is 9.94. The normalized spacial score (nSPS) is 12.4. The third-order valence-corrected chi connectivity index (χ3v) is 6.38. The molecular formula is C24H25BN2OP. The Morgan fingerprint density at radius 3 is 2.17 bits per heavy atom. The zero-order valence-electron chi connectivity index (χ0n) is 17.3. The predicted molar refractivity (Wildman–Crippen MR) is 127 cm³/mol. The Labute approximate surface area is 175 Å². The molecule has 0 saturated carbocycles. The number of hydrogen-bond donors (Lipinski definition) is 0. The minimum Gasteiger partial charge on any atom is -0.429 e. The van der Waals surface area contributed by atoms with Crippen molar-refractivity contribution in [2.45, 2.75) is 38.5 Å². The Kier molecular flexibility index (Phi) is 5.19. The first kappa shape index (κ1) is 20.0. The molecule has 0 N–H and O–H groups in total. The molecule has 0 aliphatic rings. The van der Waals surface area contributed by atoms with Crippen LogP contribution in [0.15, 0.2) is 66.9 Å². The predicted octanol–water partition coefficient (Wildman–Crippen LogP) is 5.14. The van der Waals surface area contributed by atoms with E-state index in [1.807, 2.05) is 19.7 Å². The van der Waals surface area contributed by atoms with Crippen LogP contribution in [0.1, 0.15) is 27.7 Å². The van der Waals surface area contributed by atoms with E-state index in [0.29, 0.717) is 0 Å². The highest BCUT2D eigenvalue weighted by Crippen LogP contribution is 2.33. The third-order valence-electron chi connectivity index (χ3n) is 5.68. The lowest BCUT2D eigenvalue weighted by Gasteiger charge is -2.39. The molecular weight excluding hydrogens is 374 g/mol. The highest BCUT2D eigenvalue weighted by Gasteiger charge is 2.33. The summed E-state index contributed by atoms with van der Waals surface area (Å²) < 4.78 is 6.06. The Morgan fingerprint density at radius 1 is 0.828 bits per heavy atom. The van der Waals surface area contributed by atoms with E-state index in [-0.39, 0.29) is 10.8 Å². The summed E-state index contributed by atoms with van der Waals surface area (Å²) >= 11 is 0. The van der Waals surface area contributed by atoms with Gasteiger partial charge in [0.25, 0.3) is 0 Å². The van der Waals surface area contributed by atoms with E-state index in [1.165, 1.54) is 0 Å². The molecule has 0 aliphatic carbocycles. The summed E-state index contributed by atoms with van der Waals surface area (Å²) in [5.41, 5.74) is 4.63. The lowest BCUT2D eigenvalue weighted by Crippen LogP contribution is -2.45.